The van der Waals surface area contributed by atoms with Crippen molar-refractivity contribution in [3.05, 3.63) is 29.8 Å². The summed E-state index contributed by atoms with van der Waals surface area (Å²) in [5.74, 6) is 0.596. The molecule has 1 aromatic carbocycles. The van der Waals surface area contributed by atoms with Crippen molar-refractivity contribution in [2.24, 2.45) is 11.3 Å². The van der Waals surface area contributed by atoms with Gasteiger partial charge in [-0.15, -0.1) is 0 Å². The first-order valence-corrected chi connectivity index (χ1v) is 7.76. The Labute approximate surface area is 126 Å². The average molecular weight is 287 g/mol. The van der Waals surface area contributed by atoms with E-state index in [4.69, 9.17) is 0 Å². The van der Waals surface area contributed by atoms with Crippen molar-refractivity contribution in [3.8, 4) is 0 Å². The Hall–Kier alpha value is -1.55. The maximum Gasteiger partial charge on any atom is 0.338 e. The highest BCUT2D eigenvalue weighted by atomic mass is 16.2. The van der Waals surface area contributed by atoms with Gasteiger partial charge in [-0.25, -0.2) is 15.2 Å². The minimum Gasteiger partial charge on any atom is -0.317 e. The Morgan fingerprint density at radius 2 is 1.95 bits per heavy atom. The third-order valence-electron chi connectivity index (χ3n) is 4.61. The van der Waals surface area contributed by atoms with Gasteiger partial charge in [0.1, 0.15) is 5.66 Å². The molecule has 1 spiro atoms. The second-order valence-electron chi connectivity index (χ2n) is 7.60. The molecule has 21 heavy (non-hydrogen) atoms. The molecular formula is C17H25N3O. The van der Waals surface area contributed by atoms with E-state index in [1.165, 1.54) is 6.42 Å². The lowest BCUT2D eigenvalue weighted by molar-refractivity contribution is 0.0812. The Morgan fingerprint density at radius 1 is 1.24 bits per heavy atom. The highest BCUT2D eigenvalue weighted by Gasteiger charge is 2.49. The third-order valence-corrected chi connectivity index (χ3v) is 4.61. The molecular weight excluding hydrogens is 262 g/mol. The topological polar surface area (TPSA) is 44.4 Å². The van der Waals surface area contributed by atoms with Crippen molar-refractivity contribution >= 4 is 11.7 Å². The molecule has 1 aromatic rings. The number of carbonyl (C=O) groups is 1. The Morgan fingerprint density at radius 3 is 2.62 bits per heavy atom. The number of anilines is 1. The smallest absolute Gasteiger partial charge is 0.317 e. The predicted molar refractivity (Wildman–Crippen MR) is 84.9 cm³/mol. The lowest BCUT2D eigenvalue weighted by Crippen LogP contribution is -2.57. The number of nitrogens with one attached hydrogen (secondary N) is 2. The molecule has 0 radical (unpaired) electrons. The van der Waals surface area contributed by atoms with E-state index in [0.717, 1.165) is 24.1 Å². The molecule has 2 aliphatic rings. The van der Waals surface area contributed by atoms with Crippen LogP contribution in [0.15, 0.2) is 24.3 Å². The molecule has 1 saturated carbocycles. The zero-order valence-corrected chi connectivity index (χ0v) is 13.4. The van der Waals surface area contributed by atoms with Gasteiger partial charge in [0, 0.05) is 0 Å². The van der Waals surface area contributed by atoms with Crippen molar-refractivity contribution < 1.29 is 4.79 Å². The summed E-state index contributed by atoms with van der Waals surface area (Å²) in [6.07, 6.45) is 3.14. The number of benzene rings is 1. The van der Waals surface area contributed by atoms with Gasteiger partial charge in [0.2, 0.25) is 0 Å². The van der Waals surface area contributed by atoms with Gasteiger partial charge in [0.25, 0.3) is 0 Å². The van der Waals surface area contributed by atoms with Crippen molar-refractivity contribution in [2.75, 3.05) is 5.01 Å². The fraction of sp³-hybridized carbons (Fsp3) is 0.588. The molecule has 4 heteroatoms. The summed E-state index contributed by atoms with van der Waals surface area (Å²) in [5.41, 5.74) is 5.43. The number of aryl methyl sites for hydroxylation is 1. The van der Waals surface area contributed by atoms with Crippen molar-refractivity contribution in [3.63, 3.8) is 0 Å². The number of hydrogen-bond donors (Lipinski definition) is 2. The van der Waals surface area contributed by atoms with Crippen molar-refractivity contribution in [1.82, 2.24) is 10.7 Å². The van der Waals surface area contributed by atoms with Crippen LogP contribution < -0.4 is 15.8 Å². The summed E-state index contributed by atoms with van der Waals surface area (Å²) in [4.78, 5) is 12.5. The second kappa shape index (κ2) is 4.73. The highest BCUT2D eigenvalue weighted by molar-refractivity contribution is 5.94. The molecule has 2 amide bonds. The van der Waals surface area contributed by atoms with Gasteiger partial charge >= 0.3 is 6.03 Å². The molecule has 114 valence electrons. The zero-order chi connectivity index (χ0) is 15.3. The molecule has 2 N–H and O–H groups in total. The van der Waals surface area contributed by atoms with Gasteiger partial charge in [-0.3, -0.25) is 0 Å². The number of amides is 2. The predicted octanol–water partition coefficient (Wildman–Crippen LogP) is 3.57. The summed E-state index contributed by atoms with van der Waals surface area (Å²) in [5, 5.41) is 4.89. The molecule has 2 fully saturated rings. The van der Waals surface area contributed by atoms with Crippen LogP contribution in [0.1, 0.15) is 45.6 Å². The molecule has 0 unspecified atom stereocenters. The fourth-order valence-corrected chi connectivity index (χ4v) is 4.29. The molecule has 3 rings (SSSR count). The minimum absolute atomic E-state index is 0.0470. The van der Waals surface area contributed by atoms with E-state index < -0.39 is 0 Å². The number of urea groups is 1. The SMILES string of the molecule is Cc1ccccc1N1N[C@@]2(C[C@@H](C)CC(C)(C)C2)NC1=O. The van der Waals surface area contributed by atoms with Crippen LogP contribution in [0.25, 0.3) is 0 Å². The Kier molecular flexibility index (Phi) is 3.24. The van der Waals surface area contributed by atoms with E-state index in [-0.39, 0.29) is 17.1 Å². The summed E-state index contributed by atoms with van der Waals surface area (Å²) < 4.78 is 0. The van der Waals surface area contributed by atoms with Crippen LogP contribution >= 0.6 is 0 Å². The number of nitrogens with zero attached hydrogens (tertiary/aromatic N) is 1. The molecule has 1 aliphatic carbocycles. The number of rotatable bonds is 1. The van der Waals surface area contributed by atoms with Gasteiger partial charge in [-0.2, -0.15) is 0 Å². The standard InChI is InChI=1S/C17H25N3O/c1-12-9-16(3,4)11-17(10-12)18-15(21)20(19-17)14-8-6-5-7-13(14)2/h5-8,12,19H,9-11H2,1-4H3,(H,18,21)/t12-,17+/m0/s1. The van der Waals surface area contributed by atoms with Gasteiger partial charge in [-0.1, -0.05) is 39.0 Å². The summed E-state index contributed by atoms with van der Waals surface area (Å²) >= 11 is 0. The largest absolute Gasteiger partial charge is 0.338 e. The van der Waals surface area contributed by atoms with E-state index in [2.05, 4.69) is 31.5 Å². The molecule has 4 nitrogen and oxygen atoms in total. The lowest BCUT2D eigenvalue weighted by Gasteiger charge is -2.45. The first-order valence-electron chi connectivity index (χ1n) is 7.76. The van der Waals surface area contributed by atoms with Crippen molar-refractivity contribution in [2.45, 2.75) is 52.6 Å². The third kappa shape index (κ3) is 2.64. The van der Waals surface area contributed by atoms with Gasteiger partial charge in [-0.05, 0) is 49.1 Å². The Balaban J connectivity index is 1.89. The summed E-state index contributed by atoms with van der Waals surface area (Å²) in [6.45, 7) is 8.87. The molecule has 2 atom stereocenters. The van der Waals surface area contributed by atoms with E-state index in [9.17, 15) is 4.79 Å². The lowest BCUT2D eigenvalue weighted by atomic mass is 9.68. The number of hydrogen-bond acceptors (Lipinski definition) is 2. The fourth-order valence-electron chi connectivity index (χ4n) is 4.29. The average Bonchev–Trinajstić information content (AvgIpc) is 2.62. The minimum atomic E-state index is -0.305. The van der Waals surface area contributed by atoms with Gasteiger partial charge in [0.15, 0.2) is 0 Å². The van der Waals surface area contributed by atoms with E-state index in [0.29, 0.717) is 5.92 Å². The molecule has 1 saturated heterocycles. The van der Waals surface area contributed by atoms with Crippen LogP contribution in [0, 0.1) is 18.3 Å². The number of para-hydroxylation sites is 1. The molecule has 0 aromatic heterocycles. The zero-order valence-electron chi connectivity index (χ0n) is 13.4. The first-order chi connectivity index (χ1) is 9.80. The normalized spacial score (nSPS) is 31.5. The van der Waals surface area contributed by atoms with Crippen LogP contribution in [-0.4, -0.2) is 11.7 Å². The van der Waals surface area contributed by atoms with Crippen LogP contribution in [0.2, 0.25) is 0 Å². The quantitative estimate of drug-likeness (QED) is 0.829. The van der Waals surface area contributed by atoms with Crippen LogP contribution in [-0.2, 0) is 0 Å². The van der Waals surface area contributed by atoms with Crippen LogP contribution in [0.5, 0.6) is 0 Å². The molecule has 0 bridgehead atoms. The van der Waals surface area contributed by atoms with Crippen molar-refractivity contribution in [1.29, 1.82) is 0 Å². The molecule has 1 aliphatic heterocycles. The number of hydrazine groups is 1. The monoisotopic (exact) mass is 287 g/mol. The van der Waals surface area contributed by atoms with E-state index in [1.54, 1.807) is 5.01 Å². The van der Waals surface area contributed by atoms with Crippen LogP contribution in [0.3, 0.4) is 0 Å². The second-order valence-corrected chi connectivity index (χ2v) is 7.60. The Bertz CT molecular complexity index is 569. The van der Waals surface area contributed by atoms with E-state index in [1.807, 2.05) is 31.2 Å². The maximum absolute atomic E-state index is 12.5. The summed E-state index contributed by atoms with van der Waals surface area (Å²) in [6, 6.07) is 7.93. The summed E-state index contributed by atoms with van der Waals surface area (Å²) in [7, 11) is 0. The number of carbonyl (C=O) groups excluding carboxylic acids is 1. The molecule has 1 heterocycles. The van der Waals surface area contributed by atoms with Crippen LogP contribution in [0.4, 0.5) is 10.5 Å². The van der Waals surface area contributed by atoms with E-state index >= 15 is 0 Å². The maximum atomic E-state index is 12.5. The van der Waals surface area contributed by atoms with Gasteiger partial charge < -0.3 is 5.32 Å². The highest BCUT2D eigenvalue weighted by Crippen LogP contribution is 2.44. The van der Waals surface area contributed by atoms with Gasteiger partial charge in [0.05, 0.1) is 5.69 Å². The first kappa shape index (κ1) is 14.4.